The number of amides is 1. The Morgan fingerprint density at radius 2 is 1.96 bits per heavy atom. The smallest absolute Gasteiger partial charge is 0.221 e. The van der Waals surface area contributed by atoms with Crippen molar-refractivity contribution in [2.24, 2.45) is 21.1 Å². The number of fused-ring (bicyclic) bond motifs is 1. The lowest BCUT2D eigenvalue weighted by molar-refractivity contribution is -0.114. The van der Waals surface area contributed by atoms with Crippen molar-refractivity contribution in [2.75, 3.05) is 16.8 Å². The van der Waals surface area contributed by atoms with Crippen LogP contribution in [-0.4, -0.2) is 28.3 Å². The van der Waals surface area contributed by atoms with Crippen molar-refractivity contribution in [1.82, 2.24) is 0 Å². The van der Waals surface area contributed by atoms with E-state index in [0.717, 1.165) is 32.7 Å². The van der Waals surface area contributed by atoms with Crippen LogP contribution in [0.1, 0.15) is 32.4 Å². The maximum Gasteiger partial charge on any atom is 0.221 e. The summed E-state index contributed by atoms with van der Waals surface area (Å²) in [4.78, 5) is 20.7. The minimum Gasteiger partial charge on any atom is -0.385 e. The molecule has 0 unspecified atom stereocenters. The van der Waals surface area contributed by atoms with Crippen LogP contribution in [-0.2, 0) is 4.79 Å². The summed E-state index contributed by atoms with van der Waals surface area (Å²) in [5, 5.41) is 14.6. The van der Waals surface area contributed by atoms with Gasteiger partial charge in [-0.3, -0.25) is 9.79 Å². The van der Waals surface area contributed by atoms with Crippen molar-refractivity contribution in [3.63, 3.8) is 0 Å². The van der Waals surface area contributed by atoms with Gasteiger partial charge in [-0.15, -0.1) is 23.5 Å². The number of nitrogens with one attached hydrogen (secondary N) is 1. The molecule has 140 valence electrons. The Labute approximate surface area is 167 Å². The third kappa shape index (κ3) is 3.26. The number of rotatable bonds is 5. The van der Waals surface area contributed by atoms with Gasteiger partial charge in [0.15, 0.2) is 5.41 Å². The number of benzene rings is 1. The van der Waals surface area contributed by atoms with Gasteiger partial charge in [-0.05, 0) is 29.2 Å². The maximum atomic E-state index is 11.2. The molecule has 27 heavy (non-hydrogen) atoms. The molecule has 0 saturated carbocycles. The summed E-state index contributed by atoms with van der Waals surface area (Å²) in [6.45, 7) is 5.57. The molecule has 0 spiro atoms. The van der Waals surface area contributed by atoms with Crippen LogP contribution in [0.25, 0.3) is 0 Å². The molecular weight excluding hydrogens is 378 g/mol. The lowest BCUT2D eigenvalue weighted by Crippen LogP contribution is -2.38. The van der Waals surface area contributed by atoms with Crippen LogP contribution in [0, 0.1) is 16.7 Å². The van der Waals surface area contributed by atoms with E-state index in [2.05, 4.69) is 23.3 Å². The predicted molar refractivity (Wildman–Crippen MR) is 114 cm³/mol. The summed E-state index contributed by atoms with van der Waals surface area (Å²) < 4.78 is 0. The van der Waals surface area contributed by atoms with E-state index in [-0.39, 0.29) is 5.91 Å². The largest absolute Gasteiger partial charge is 0.385 e. The monoisotopic (exact) mass is 399 g/mol. The van der Waals surface area contributed by atoms with Gasteiger partial charge in [0, 0.05) is 18.2 Å². The van der Waals surface area contributed by atoms with Gasteiger partial charge in [0.05, 0.1) is 11.1 Å². The molecule has 1 aromatic carbocycles. The molecule has 2 heterocycles. The number of nitriles is 1. The van der Waals surface area contributed by atoms with E-state index < -0.39 is 11.5 Å². The Morgan fingerprint density at radius 1 is 1.30 bits per heavy atom. The highest BCUT2D eigenvalue weighted by molar-refractivity contribution is 8.14. The third-order valence-electron chi connectivity index (χ3n) is 4.39. The second kappa shape index (κ2) is 7.79. The minimum atomic E-state index is -1.06. The van der Waals surface area contributed by atoms with Crippen LogP contribution in [0.4, 0.5) is 5.69 Å². The molecule has 2 aliphatic heterocycles. The summed E-state index contributed by atoms with van der Waals surface area (Å²) in [5.41, 5.74) is 7.65. The summed E-state index contributed by atoms with van der Waals surface area (Å²) in [7, 11) is 0. The van der Waals surface area contributed by atoms with Crippen molar-refractivity contribution in [2.45, 2.75) is 26.8 Å². The number of hydrogen-bond donors (Lipinski definition) is 2. The first kappa shape index (κ1) is 19.5. The highest BCUT2D eigenvalue weighted by Crippen LogP contribution is 2.56. The highest BCUT2D eigenvalue weighted by atomic mass is 32.2. The number of thioether (sulfide) groups is 2. The second-order valence-corrected chi connectivity index (χ2v) is 8.61. The van der Waals surface area contributed by atoms with Crippen molar-refractivity contribution in [3.05, 3.63) is 40.4 Å². The fourth-order valence-corrected chi connectivity index (χ4v) is 5.06. The van der Waals surface area contributed by atoms with Crippen LogP contribution >= 0.6 is 23.5 Å². The van der Waals surface area contributed by atoms with Crippen molar-refractivity contribution in [1.29, 1.82) is 5.26 Å². The van der Waals surface area contributed by atoms with E-state index in [1.54, 1.807) is 23.5 Å². The van der Waals surface area contributed by atoms with Crippen molar-refractivity contribution >= 4 is 46.0 Å². The SMILES string of the molecule is CCSC1=N[C@@H](c2ccc(NC(C)=O)cc2)[C@]2(C#N)C(N)=NC(SCC)=C12. The first-order chi connectivity index (χ1) is 13.0. The quantitative estimate of drug-likeness (QED) is 0.786. The highest BCUT2D eigenvalue weighted by Gasteiger charge is 2.57. The zero-order chi connectivity index (χ0) is 19.6. The number of carbonyl (C=O) groups excluding carboxylic acids is 1. The van der Waals surface area contributed by atoms with Crippen LogP contribution in [0.5, 0.6) is 0 Å². The van der Waals surface area contributed by atoms with E-state index >= 15 is 0 Å². The Morgan fingerprint density at radius 3 is 2.52 bits per heavy atom. The van der Waals surface area contributed by atoms with E-state index in [1.807, 2.05) is 31.2 Å². The van der Waals surface area contributed by atoms with Crippen LogP contribution in [0.15, 0.2) is 44.9 Å². The van der Waals surface area contributed by atoms with E-state index in [4.69, 9.17) is 10.7 Å². The Hall–Kier alpha value is -2.24. The maximum absolute atomic E-state index is 11.2. The second-order valence-electron chi connectivity index (χ2n) is 6.10. The van der Waals surface area contributed by atoms with E-state index in [1.165, 1.54) is 6.92 Å². The molecule has 0 fully saturated rings. The van der Waals surface area contributed by atoms with Gasteiger partial charge in [-0.1, -0.05) is 26.0 Å². The molecule has 0 aromatic heterocycles. The van der Waals surface area contributed by atoms with Crippen molar-refractivity contribution < 1.29 is 4.79 Å². The molecule has 2 aliphatic rings. The van der Waals surface area contributed by atoms with Crippen LogP contribution in [0.2, 0.25) is 0 Å². The fraction of sp³-hybridized carbons (Fsp3) is 0.368. The van der Waals surface area contributed by atoms with Crippen molar-refractivity contribution in [3.8, 4) is 6.07 Å². The zero-order valence-corrected chi connectivity index (χ0v) is 17.1. The van der Waals surface area contributed by atoms with E-state index in [0.29, 0.717) is 11.5 Å². The lowest BCUT2D eigenvalue weighted by Gasteiger charge is -2.25. The summed E-state index contributed by atoms with van der Waals surface area (Å²) >= 11 is 3.20. The number of nitrogens with zero attached hydrogens (tertiary/aromatic N) is 3. The Bertz CT molecular complexity index is 898. The number of hydrogen-bond acceptors (Lipinski definition) is 7. The minimum absolute atomic E-state index is 0.129. The molecule has 1 amide bonds. The van der Waals surface area contributed by atoms with Gasteiger partial charge in [0.2, 0.25) is 5.91 Å². The fourth-order valence-electron chi connectivity index (χ4n) is 3.30. The van der Waals surface area contributed by atoms with Crippen LogP contribution < -0.4 is 11.1 Å². The topological polar surface area (TPSA) is 104 Å². The van der Waals surface area contributed by atoms with Gasteiger partial charge in [0.1, 0.15) is 16.9 Å². The Kier molecular flexibility index (Phi) is 5.63. The van der Waals surface area contributed by atoms with Gasteiger partial charge < -0.3 is 11.1 Å². The first-order valence-electron chi connectivity index (χ1n) is 8.69. The first-order valence-corrected chi connectivity index (χ1v) is 10.7. The summed E-state index contributed by atoms with van der Waals surface area (Å²) in [6, 6.07) is 9.39. The molecule has 3 N–H and O–H groups in total. The van der Waals surface area contributed by atoms with Gasteiger partial charge in [-0.25, -0.2) is 4.99 Å². The zero-order valence-electron chi connectivity index (χ0n) is 15.4. The standard InChI is InChI=1S/C19H21N5OS2/c1-4-26-16-14-17(27-5-2)24-18(21)19(14,10-20)15(23-16)12-6-8-13(9-7-12)22-11(3)25/h6-9,15H,4-5H2,1-3H3,(H2,21,24)(H,22,25)/t15-,19+/m0/s1. The molecule has 0 bridgehead atoms. The number of amidine groups is 1. The average Bonchev–Trinajstić information content (AvgIpc) is 3.10. The summed E-state index contributed by atoms with van der Waals surface area (Å²) in [5.74, 6) is 1.87. The molecule has 0 radical (unpaired) electrons. The van der Waals surface area contributed by atoms with E-state index in [9.17, 15) is 10.1 Å². The number of carbonyl (C=O) groups is 1. The Balaban J connectivity index is 2.09. The molecule has 6 nitrogen and oxygen atoms in total. The van der Waals surface area contributed by atoms with Gasteiger partial charge in [0.25, 0.3) is 0 Å². The predicted octanol–water partition coefficient (Wildman–Crippen LogP) is 3.70. The molecule has 0 saturated heterocycles. The number of aliphatic imine (C=N–C) groups is 2. The number of anilines is 1. The summed E-state index contributed by atoms with van der Waals surface area (Å²) in [6.07, 6.45) is 0. The molecule has 3 rings (SSSR count). The molecule has 8 heteroatoms. The molecule has 0 aliphatic carbocycles. The number of nitrogens with two attached hydrogens (primary N) is 1. The van der Waals surface area contributed by atoms with Gasteiger partial charge in [-0.2, -0.15) is 5.26 Å². The van der Waals surface area contributed by atoms with Gasteiger partial charge >= 0.3 is 0 Å². The average molecular weight is 400 g/mol. The molecular formula is C19H21N5OS2. The molecule has 1 aromatic rings. The normalized spacial score (nSPS) is 23.6. The molecule has 2 atom stereocenters. The van der Waals surface area contributed by atoms with Crippen LogP contribution in [0.3, 0.4) is 0 Å². The third-order valence-corrected chi connectivity index (χ3v) is 6.12. The lowest BCUT2D eigenvalue weighted by atomic mass is 9.75.